The van der Waals surface area contributed by atoms with E-state index in [2.05, 4.69) is 0 Å². The van der Waals surface area contributed by atoms with Crippen LogP contribution in [-0.4, -0.2) is 23.0 Å². The van der Waals surface area contributed by atoms with Crippen LogP contribution in [0.4, 0.5) is 5.69 Å². The van der Waals surface area contributed by atoms with Crippen molar-refractivity contribution in [3.05, 3.63) is 95.6 Å². The zero-order valence-electron chi connectivity index (χ0n) is 16.7. The van der Waals surface area contributed by atoms with Gasteiger partial charge in [-0.3, -0.25) is 9.59 Å². The van der Waals surface area contributed by atoms with Crippen molar-refractivity contribution in [1.29, 1.82) is 0 Å². The number of hydrogen-bond acceptors (Lipinski definition) is 3. The van der Waals surface area contributed by atoms with Gasteiger partial charge in [0.1, 0.15) is 12.4 Å². The molecule has 2 atom stereocenters. The number of benzene rings is 3. The Kier molecular flexibility index (Phi) is 5.53. The molecule has 0 radical (unpaired) electrons. The fourth-order valence-electron chi connectivity index (χ4n) is 4.02. The van der Waals surface area contributed by atoms with Crippen LogP contribution in [-0.2, 0) is 11.4 Å². The summed E-state index contributed by atoms with van der Waals surface area (Å²) in [5.74, 6) is -0.655. The lowest BCUT2D eigenvalue weighted by Gasteiger charge is -2.25. The quantitative estimate of drug-likeness (QED) is 0.640. The zero-order valence-corrected chi connectivity index (χ0v) is 16.7. The highest BCUT2D eigenvalue weighted by atomic mass is 16.5. The number of rotatable bonds is 6. The first kappa shape index (κ1) is 19.7. The second-order valence-corrected chi connectivity index (χ2v) is 7.48. The summed E-state index contributed by atoms with van der Waals surface area (Å²) in [4.78, 5) is 26.4. The highest BCUT2D eigenvalue weighted by Gasteiger charge is 2.40. The maximum atomic E-state index is 13.2. The Labute approximate surface area is 175 Å². The van der Waals surface area contributed by atoms with E-state index in [4.69, 9.17) is 4.74 Å². The van der Waals surface area contributed by atoms with E-state index in [0.29, 0.717) is 17.9 Å². The number of ether oxygens (including phenoxy) is 1. The van der Waals surface area contributed by atoms with Crippen LogP contribution in [0.5, 0.6) is 5.75 Å². The van der Waals surface area contributed by atoms with Crippen molar-refractivity contribution in [1.82, 2.24) is 0 Å². The van der Waals surface area contributed by atoms with Gasteiger partial charge in [-0.05, 0) is 48.4 Å². The van der Waals surface area contributed by atoms with Gasteiger partial charge in [0.05, 0.1) is 6.42 Å². The molecule has 0 unspecified atom stereocenters. The Hall–Kier alpha value is -3.60. The molecule has 1 amide bonds. The third kappa shape index (κ3) is 3.92. The Morgan fingerprint density at radius 3 is 2.30 bits per heavy atom. The molecule has 3 aromatic rings. The molecule has 152 valence electrons. The van der Waals surface area contributed by atoms with Crippen LogP contribution in [0.2, 0.25) is 0 Å². The second kappa shape index (κ2) is 8.41. The molecule has 0 bridgehead atoms. The first-order chi connectivity index (χ1) is 14.5. The molecule has 5 nitrogen and oxygen atoms in total. The lowest BCUT2D eigenvalue weighted by atomic mass is 9.92. The summed E-state index contributed by atoms with van der Waals surface area (Å²) in [5, 5.41) is 9.45. The van der Waals surface area contributed by atoms with Crippen LogP contribution in [0.3, 0.4) is 0 Å². The molecule has 3 aromatic carbocycles. The summed E-state index contributed by atoms with van der Waals surface area (Å²) in [7, 11) is 0. The molecule has 5 heteroatoms. The minimum absolute atomic E-state index is 0.0468. The van der Waals surface area contributed by atoms with E-state index in [1.54, 1.807) is 17.0 Å². The Morgan fingerprint density at radius 1 is 0.967 bits per heavy atom. The molecule has 0 aromatic heterocycles. The Morgan fingerprint density at radius 2 is 1.63 bits per heavy atom. The predicted molar refractivity (Wildman–Crippen MR) is 115 cm³/mol. The van der Waals surface area contributed by atoms with E-state index in [-0.39, 0.29) is 24.3 Å². The average Bonchev–Trinajstić information content (AvgIpc) is 3.03. The van der Waals surface area contributed by atoms with Crippen molar-refractivity contribution >= 4 is 17.6 Å². The van der Waals surface area contributed by atoms with Crippen LogP contribution in [0, 0.1) is 0 Å². The Balaban J connectivity index is 1.65. The van der Waals surface area contributed by atoms with E-state index < -0.39 is 5.97 Å². The molecule has 4 rings (SSSR count). The number of fused-ring (bicyclic) bond motifs is 1. The average molecular weight is 401 g/mol. The van der Waals surface area contributed by atoms with E-state index >= 15 is 0 Å². The van der Waals surface area contributed by atoms with E-state index in [1.807, 2.05) is 73.7 Å². The molecule has 1 N–H and O–H groups in total. The van der Waals surface area contributed by atoms with Crippen LogP contribution >= 0.6 is 0 Å². The summed E-state index contributed by atoms with van der Waals surface area (Å²) >= 11 is 0. The van der Waals surface area contributed by atoms with E-state index in [1.165, 1.54) is 0 Å². The van der Waals surface area contributed by atoms with Crippen LogP contribution in [0.15, 0.2) is 78.9 Å². The molecule has 0 saturated carbocycles. The van der Waals surface area contributed by atoms with Crippen LogP contribution < -0.4 is 9.64 Å². The van der Waals surface area contributed by atoms with Gasteiger partial charge >= 0.3 is 5.97 Å². The molecule has 0 saturated heterocycles. The number of hydrogen-bond donors (Lipinski definition) is 1. The van der Waals surface area contributed by atoms with Crippen molar-refractivity contribution in [2.75, 3.05) is 4.90 Å². The van der Waals surface area contributed by atoms with Crippen LogP contribution in [0.25, 0.3) is 0 Å². The minimum Gasteiger partial charge on any atom is -0.489 e. The summed E-state index contributed by atoms with van der Waals surface area (Å²) in [6, 6.07) is 24.2. The van der Waals surface area contributed by atoms with Crippen molar-refractivity contribution in [2.45, 2.75) is 31.9 Å². The summed E-state index contributed by atoms with van der Waals surface area (Å²) in [6.45, 7) is 2.32. The lowest BCUT2D eigenvalue weighted by molar-refractivity contribution is -0.137. The fourth-order valence-corrected chi connectivity index (χ4v) is 4.02. The maximum absolute atomic E-state index is 13.2. The van der Waals surface area contributed by atoms with Gasteiger partial charge in [-0.2, -0.15) is 0 Å². The fraction of sp³-hybridized carbons (Fsp3) is 0.200. The molecular formula is C25H23NO4. The molecule has 0 spiro atoms. The molecule has 0 fully saturated rings. The topological polar surface area (TPSA) is 66.8 Å². The number of nitrogens with zero attached hydrogens (tertiary/aromatic N) is 1. The number of carboxylic acids is 1. The third-order valence-electron chi connectivity index (χ3n) is 5.53. The monoisotopic (exact) mass is 401 g/mol. The van der Waals surface area contributed by atoms with Gasteiger partial charge in [-0.1, -0.05) is 48.5 Å². The van der Waals surface area contributed by atoms with Gasteiger partial charge < -0.3 is 14.7 Å². The summed E-state index contributed by atoms with van der Waals surface area (Å²) in [5.41, 5.74) is 3.21. The van der Waals surface area contributed by atoms with Gasteiger partial charge in [-0.15, -0.1) is 0 Å². The standard InChI is InChI=1S/C25H23NO4/c1-17-21(15-24(27)28)22-14-20(30-16-18-8-4-2-5-9-18)12-13-23(22)26(17)25(29)19-10-6-3-7-11-19/h2-14,17,21H,15-16H2,1H3,(H,27,28)/t17-,21-/m1/s1. The maximum Gasteiger partial charge on any atom is 0.304 e. The number of carbonyl (C=O) groups is 2. The van der Waals surface area contributed by atoms with Crippen LogP contribution in [0.1, 0.15) is 40.7 Å². The van der Waals surface area contributed by atoms with E-state index in [0.717, 1.165) is 16.8 Å². The summed E-state index contributed by atoms with van der Waals surface area (Å²) < 4.78 is 5.94. The third-order valence-corrected chi connectivity index (χ3v) is 5.53. The normalized spacial score (nSPS) is 17.4. The molecule has 0 aliphatic carbocycles. The predicted octanol–water partition coefficient (Wildman–Crippen LogP) is 4.87. The first-order valence-electron chi connectivity index (χ1n) is 9.95. The van der Waals surface area contributed by atoms with Crippen molar-refractivity contribution in [3.8, 4) is 5.75 Å². The molecule has 30 heavy (non-hydrogen) atoms. The SMILES string of the molecule is C[C@@H]1[C@@H](CC(=O)O)c2cc(OCc3ccccc3)ccc2N1C(=O)c1ccccc1. The lowest BCUT2D eigenvalue weighted by Crippen LogP contribution is -2.37. The highest BCUT2D eigenvalue weighted by molar-refractivity contribution is 6.08. The molecule has 1 aliphatic heterocycles. The highest BCUT2D eigenvalue weighted by Crippen LogP contribution is 2.45. The summed E-state index contributed by atoms with van der Waals surface area (Å²) in [6.07, 6.45) is -0.0468. The number of anilines is 1. The minimum atomic E-state index is -0.887. The number of carboxylic acid groups (broad SMARTS) is 1. The van der Waals surface area contributed by atoms with Gasteiger partial charge in [0.25, 0.3) is 5.91 Å². The van der Waals surface area contributed by atoms with E-state index in [9.17, 15) is 14.7 Å². The van der Waals surface area contributed by atoms with Crippen molar-refractivity contribution < 1.29 is 19.4 Å². The van der Waals surface area contributed by atoms with Crippen molar-refractivity contribution in [3.63, 3.8) is 0 Å². The van der Waals surface area contributed by atoms with Gasteiger partial charge in [-0.25, -0.2) is 0 Å². The smallest absolute Gasteiger partial charge is 0.304 e. The molecular weight excluding hydrogens is 378 g/mol. The van der Waals surface area contributed by atoms with Gasteiger partial charge in [0, 0.05) is 23.2 Å². The second-order valence-electron chi connectivity index (χ2n) is 7.48. The zero-order chi connectivity index (χ0) is 21.1. The number of carbonyl (C=O) groups excluding carboxylic acids is 1. The Bertz CT molecular complexity index is 1050. The molecule has 1 heterocycles. The largest absolute Gasteiger partial charge is 0.489 e. The van der Waals surface area contributed by atoms with Gasteiger partial charge in [0.15, 0.2) is 0 Å². The number of aliphatic carboxylic acids is 1. The number of amides is 1. The van der Waals surface area contributed by atoms with Crippen molar-refractivity contribution in [2.24, 2.45) is 0 Å². The molecule has 1 aliphatic rings. The van der Waals surface area contributed by atoms with Gasteiger partial charge in [0.2, 0.25) is 0 Å². The first-order valence-corrected chi connectivity index (χ1v) is 9.95.